The van der Waals surface area contributed by atoms with E-state index in [4.69, 9.17) is 5.73 Å². The zero-order chi connectivity index (χ0) is 13.5. The summed E-state index contributed by atoms with van der Waals surface area (Å²) in [6, 6.07) is 8.00. The molecule has 3 nitrogen and oxygen atoms in total. The molecule has 0 aliphatic heterocycles. The number of amides is 1. The van der Waals surface area contributed by atoms with E-state index in [-0.39, 0.29) is 5.91 Å². The maximum absolute atomic E-state index is 12.3. The van der Waals surface area contributed by atoms with Gasteiger partial charge in [-0.25, -0.2) is 0 Å². The van der Waals surface area contributed by atoms with Crippen LogP contribution in [-0.2, 0) is 4.79 Å². The second-order valence-electron chi connectivity index (χ2n) is 5.07. The van der Waals surface area contributed by atoms with Crippen molar-refractivity contribution >= 4 is 11.6 Å². The van der Waals surface area contributed by atoms with Gasteiger partial charge in [0.05, 0.1) is 0 Å². The van der Waals surface area contributed by atoms with E-state index in [2.05, 4.69) is 13.8 Å². The summed E-state index contributed by atoms with van der Waals surface area (Å²) in [5.41, 5.74) is 7.70. The number of nitrogens with zero attached hydrogens (tertiary/aromatic N) is 1. The van der Waals surface area contributed by atoms with Crippen LogP contribution in [0, 0.1) is 12.8 Å². The van der Waals surface area contributed by atoms with E-state index in [0.29, 0.717) is 25.4 Å². The summed E-state index contributed by atoms with van der Waals surface area (Å²) in [4.78, 5) is 14.2. The number of rotatable bonds is 6. The number of benzene rings is 1. The second kappa shape index (κ2) is 7.17. The highest BCUT2D eigenvalue weighted by Gasteiger charge is 2.17. The van der Waals surface area contributed by atoms with Crippen molar-refractivity contribution < 1.29 is 4.79 Å². The Balaban J connectivity index is 2.90. The SMILES string of the molecule is Cc1ccccc1N(CCCN)C(=O)CC(C)C. The molecule has 0 aromatic heterocycles. The molecule has 0 saturated carbocycles. The second-order valence-corrected chi connectivity index (χ2v) is 5.07. The standard InChI is InChI=1S/C15H24N2O/c1-12(2)11-15(18)17(10-6-9-16)14-8-5-4-7-13(14)3/h4-5,7-8,12H,6,9-11,16H2,1-3H3. The monoisotopic (exact) mass is 248 g/mol. The lowest BCUT2D eigenvalue weighted by Gasteiger charge is -2.25. The predicted octanol–water partition coefficient (Wildman–Crippen LogP) is 2.72. The van der Waals surface area contributed by atoms with Gasteiger partial charge in [-0.2, -0.15) is 0 Å². The van der Waals surface area contributed by atoms with Crippen molar-refractivity contribution in [3.8, 4) is 0 Å². The van der Waals surface area contributed by atoms with Crippen molar-refractivity contribution in [2.24, 2.45) is 11.7 Å². The van der Waals surface area contributed by atoms with Gasteiger partial charge in [-0.1, -0.05) is 32.0 Å². The van der Waals surface area contributed by atoms with E-state index in [1.54, 1.807) is 0 Å². The van der Waals surface area contributed by atoms with Gasteiger partial charge in [-0.15, -0.1) is 0 Å². The van der Waals surface area contributed by atoms with Crippen molar-refractivity contribution in [1.82, 2.24) is 0 Å². The predicted molar refractivity (Wildman–Crippen MR) is 76.7 cm³/mol. The third-order valence-corrected chi connectivity index (χ3v) is 2.88. The molecule has 2 N–H and O–H groups in total. The fourth-order valence-corrected chi connectivity index (χ4v) is 1.95. The van der Waals surface area contributed by atoms with Crippen LogP contribution in [0.4, 0.5) is 5.69 Å². The van der Waals surface area contributed by atoms with Crippen molar-refractivity contribution in [3.63, 3.8) is 0 Å². The topological polar surface area (TPSA) is 46.3 Å². The van der Waals surface area contributed by atoms with Gasteiger partial charge in [-0.3, -0.25) is 4.79 Å². The Morgan fingerprint density at radius 3 is 2.56 bits per heavy atom. The Kier molecular flexibility index (Phi) is 5.86. The molecule has 0 atom stereocenters. The first-order chi connectivity index (χ1) is 8.56. The summed E-state index contributed by atoms with van der Waals surface area (Å²) in [5.74, 6) is 0.564. The van der Waals surface area contributed by atoms with E-state index in [9.17, 15) is 4.79 Å². The first kappa shape index (κ1) is 14.7. The van der Waals surface area contributed by atoms with Gasteiger partial charge < -0.3 is 10.6 Å². The van der Waals surface area contributed by atoms with Crippen LogP contribution in [0.5, 0.6) is 0 Å². The highest BCUT2D eigenvalue weighted by Crippen LogP contribution is 2.21. The molecule has 0 aliphatic carbocycles. The van der Waals surface area contributed by atoms with Crippen molar-refractivity contribution in [3.05, 3.63) is 29.8 Å². The third-order valence-electron chi connectivity index (χ3n) is 2.88. The molecule has 0 bridgehead atoms. The zero-order valence-corrected chi connectivity index (χ0v) is 11.6. The lowest BCUT2D eigenvalue weighted by molar-refractivity contribution is -0.119. The summed E-state index contributed by atoms with van der Waals surface area (Å²) in [6.45, 7) is 7.48. The molecule has 1 aromatic carbocycles. The molecule has 18 heavy (non-hydrogen) atoms. The van der Waals surface area contributed by atoms with Crippen LogP contribution in [0.25, 0.3) is 0 Å². The van der Waals surface area contributed by atoms with Crippen LogP contribution in [0.2, 0.25) is 0 Å². The summed E-state index contributed by atoms with van der Waals surface area (Å²) in [6.07, 6.45) is 1.41. The van der Waals surface area contributed by atoms with Crippen molar-refractivity contribution in [2.45, 2.75) is 33.6 Å². The van der Waals surface area contributed by atoms with Crippen LogP contribution in [0.3, 0.4) is 0 Å². The molecule has 0 saturated heterocycles. The minimum Gasteiger partial charge on any atom is -0.330 e. The number of anilines is 1. The third kappa shape index (κ3) is 4.15. The normalized spacial score (nSPS) is 10.7. The van der Waals surface area contributed by atoms with Crippen LogP contribution in [0.15, 0.2) is 24.3 Å². The lowest BCUT2D eigenvalue weighted by atomic mass is 10.1. The van der Waals surface area contributed by atoms with Gasteiger partial charge in [0.1, 0.15) is 0 Å². The number of nitrogens with two attached hydrogens (primary N) is 1. The molecule has 0 heterocycles. The van der Waals surface area contributed by atoms with E-state index in [1.165, 1.54) is 0 Å². The zero-order valence-electron chi connectivity index (χ0n) is 11.6. The molecular formula is C15H24N2O. The fourth-order valence-electron chi connectivity index (χ4n) is 1.95. The minimum absolute atomic E-state index is 0.188. The van der Waals surface area contributed by atoms with Gasteiger partial charge >= 0.3 is 0 Å². The quantitative estimate of drug-likeness (QED) is 0.841. The number of hydrogen-bond acceptors (Lipinski definition) is 2. The molecule has 0 aliphatic rings. The van der Waals surface area contributed by atoms with Gasteiger partial charge in [-0.05, 0) is 37.4 Å². The number of carbonyl (C=O) groups is 1. The molecule has 0 fully saturated rings. The molecular weight excluding hydrogens is 224 g/mol. The smallest absolute Gasteiger partial charge is 0.227 e. The summed E-state index contributed by atoms with van der Waals surface area (Å²) in [5, 5.41) is 0. The molecule has 1 rings (SSSR count). The maximum atomic E-state index is 12.3. The number of carbonyl (C=O) groups excluding carboxylic acids is 1. The van der Waals surface area contributed by atoms with E-state index in [1.807, 2.05) is 36.1 Å². The Labute approximate surface area is 110 Å². The molecule has 0 unspecified atom stereocenters. The largest absolute Gasteiger partial charge is 0.330 e. The van der Waals surface area contributed by atoms with E-state index >= 15 is 0 Å². The summed E-state index contributed by atoms with van der Waals surface area (Å²) >= 11 is 0. The van der Waals surface area contributed by atoms with Crippen LogP contribution < -0.4 is 10.6 Å². The highest BCUT2D eigenvalue weighted by atomic mass is 16.2. The van der Waals surface area contributed by atoms with E-state index < -0.39 is 0 Å². The van der Waals surface area contributed by atoms with Gasteiger partial charge in [0.15, 0.2) is 0 Å². The number of hydrogen-bond donors (Lipinski definition) is 1. The highest BCUT2D eigenvalue weighted by molar-refractivity contribution is 5.94. The minimum atomic E-state index is 0.188. The number of para-hydroxylation sites is 1. The van der Waals surface area contributed by atoms with Crippen molar-refractivity contribution in [1.29, 1.82) is 0 Å². The molecule has 100 valence electrons. The average molecular weight is 248 g/mol. The Hall–Kier alpha value is -1.35. The Morgan fingerprint density at radius 1 is 1.33 bits per heavy atom. The van der Waals surface area contributed by atoms with Gasteiger partial charge in [0, 0.05) is 18.7 Å². The van der Waals surface area contributed by atoms with Gasteiger partial charge in [0.25, 0.3) is 0 Å². The van der Waals surface area contributed by atoms with Crippen LogP contribution >= 0.6 is 0 Å². The first-order valence-electron chi connectivity index (χ1n) is 6.62. The number of aryl methyl sites for hydroxylation is 1. The summed E-state index contributed by atoms with van der Waals surface area (Å²) < 4.78 is 0. The Morgan fingerprint density at radius 2 is 2.00 bits per heavy atom. The summed E-state index contributed by atoms with van der Waals surface area (Å²) in [7, 11) is 0. The van der Waals surface area contributed by atoms with E-state index in [0.717, 1.165) is 17.7 Å². The Bertz CT molecular complexity index is 388. The molecule has 1 aromatic rings. The average Bonchev–Trinajstić information content (AvgIpc) is 2.31. The molecule has 0 spiro atoms. The van der Waals surface area contributed by atoms with Crippen LogP contribution in [0.1, 0.15) is 32.3 Å². The molecule has 3 heteroatoms. The molecule has 1 amide bonds. The van der Waals surface area contributed by atoms with Crippen LogP contribution in [-0.4, -0.2) is 19.0 Å². The van der Waals surface area contributed by atoms with Crippen molar-refractivity contribution in [2.75, 3.05) is 18.0 Å². The first-order valence-corrected chi connectivity index (χ1v) is 6.62. The lowest BCUT2D eigenvalue weighted by Crippen LogP contribution is -2.34. The van der Waals surface area contributed by atoms with Gasteiger partial charge in [0.2, 0.25) is 5.91 Å². The fraction of sp³-hybridized carbons (Fsp3) is 0.533. The maximum Gasteiger partial charge on any atom is 0.227 e. The molecule has 0 radical (unpaired) electrons.